The Hall–Kier alpha value is -3.08. The van der Waals surface area contributed by atoms with Crippen molar-refractivity contribution in [1.82, 2.24) is 20.3 Å². The first-order valence-corrected chi connectivity index (χ1v) is 6.86. The Labute approximate surface area is 128 Å². The number of hydrogen-bond donors (Lipinski definition) is 1. The lowest BCUT2D eigenvalue weighted by molar-refractivity contribution is 0.0950. The van der Waals surface area contributed by atoms with Gasteiger partial charge in [0.15, 0.2) is 0 Å². The first-order valence-electron chi connectivity index (χ1n) is 6.86. The van der Waals surface area contributed by atoms with E-state index in [-0.39, 0.29) is 5.91 Å². The lowest BCUT2D eigenvalue weighted by Crippen LogP contribution is -2.22. The molecular weight excluding hydrogens is 276 g/mol. The van der Waals surface area contributed by atoms with Gasteiger partial charge in [-0.3, -0.25) is 9.78 Å². The van der Waals surface area contributed by atoms with Crippen LogP contribution in [0.1, 0.15) is 15.9 Å². The molecule has 22 heavy (non-hydrogen) atoms. The molecule has 3 rings (SSSR count). The predicted octanol–water partition coefficient (Wildman–Crippen LogP) is 2.47. The third-order valence-electron chi connectivity index (χ3n) is 3.18. The largest absolute Gasteiger partial charge is 0.348 e. The van der Waals surface area contributed by atoms with E-state index in [9.17, 15) is 4.79 Å². The first kappa shape index (κ1) is 13.9. The van der Waals surface area contributed by atoms with Gasteiger partial charge < -0.3 is 5.32 Å². The third kappa shape index (κ3) is 3.32. The second-order valence-corrected chi connectivity index (χ2v) is 4.73. The van der Waals surface area contributed by atoms with Crippen molar-refractivity contribution in [2.45, 2.75) is 6.54 Å². The van der Waals surface area contributed by atoms with Crippen molar-refractivity contribution in [3.8, 4) is 11.3 Å². The van der Waals surface area contributed by atoms with E-state index in [1.165, 1.54) is 6.33 Å². The number of pyridine rings is 1. The van der Waals surface area contributed by atoms with Crippen molar-refractivity contribution < 1.29 is 4.79 Å². The monoisotopic (exact) mass is 290 g/mol. The molecule has 0 aliphatic heterocycles. The molecule has 0 aliphatic rings. The van der Waals surface area contributed by atoms with Gasteiger partial charge in [0, 0.05) is 30.7 Å². The van der Waals surface area contributed by atoms with Crippen LogP contribution in [-0.4, -0.2) is 20.9 Å². The average Bonchev–Trinajstić information content (AvgIpc) is 2.61. The molecule has 5 nitrogen and oxygen atoms in total. The molecule has 0 saturated carbocycles. The van der Waals surface area contributed by atoms with Gasteiger partial charge in [-0.05, 0) is 17.7 Å². The number of nitrogens with one attached hydrogen (secondary N) is 1. The number of hydrogen-bond acceptors (Lipinski definition) is 4. The zero-order chi connectivity index (χ0) is 15.2. The number of aromatic nitrogens is 3. The summed E-state index contributed by atoms with van der Waals surface area (Å²) < 4.78 is 0. The summed E-state index contributed by atoms with van der Waals surface area (Å²) >= 11 is 0. The summed E-state index contributed by atoms with van der Waals surface area (Å²) in [5.41, 5.74) is 3.14. The maximum atomic E-state index is 12.1. The van der Waals surface area contributed by atoms with E-state index in [0.29, 0.717) is 12.1 Å². The van der Waals surface area contributed by atoms with Crippen molar-refractivity contribution >= 4 is 5.91 Å². The summed E-state index contributed by atoms with van der Waals surface area (Å²) in [6, 6.07) is 13.3. The number of carbonyl (C=O) groups is 1. The molecule has 1 N–H and O–H groups in total. The van der Waals surface area contributed by atoms with Crippen LogP contribution in [0.15, 0.2) is 67.4 Å². The predicted molar refractivity (Wildman–Crippen MR) is 82.9 cm³/mol. The molecule has 0 atom stereocenters. The number of rotatable bonds is 4. The molecule has 2 heterocycles. The molecule has 108 valence electrons. The van der Waals surface area contributed by atoms with Gasteiger partial charge in [0.05, 0.1) is 11.3 Å². The second-order valence-electron chi connectivity index (χ2n) is 4.73. The minimum absolute atomic E-state index is 0.146. The van der Waals surface area contributed by atoms with Gasteiger partial charge in [-0.25, -0.2) is 9.97 Å². The highest BCUT2D eigenvalue weighted by molar-refractivity contribution is 5.94. The van der Waals surface area contributed by atoms with Crippen molar-refractivity contribution in [1.29, 1.82) is 0 Å². The topological polar surface area (TPSA) is 67.8 Å². The van der Waals surface area contributed by atoms with Gasteiger partial charge in [-0.15, -0.1) is 0 Å². The van der Waals surface area contributed by atoms with E-state index in [1.807, 2.05) is 30.3 Å². The summed E-state index contributed by atoms with van der Waals surface area (Å²) in [5.74, 6) is -0.146. The van der Waals surface area contributed by atoms with Crippen LogP contribution in [-0.2, 0) is 6.54 Å². The normalized spacial score (nSPS) is 10.2. The lowest BCUT2D eigenvalue weighted by Gasteiger charge is -2.06. The Kier molecular flexibility index (Phi) is 4.15. The smallest absolute Gasteiger partial charge is 0.253 e. The van der Waals surface area contributed by atoms with E-state index in [0.717, 1.165) is 16.8 Å². The van der Waals surface area contributed by atoms with Crippen LogP contribution in [0.4, 0.5) is 0 Å². The first-order chi connectivity index (χ1) is 10.8. The highest BCUT2D eigenvalue weighted by Crippen LogP contribution is 2.14. The van der Waals surface area contributed by atoms with E-state index in [4.69, 9.17) is 0 Å². The molecule has 0 aliphatic carbocycles. The van der Waals surface area contributed by atoms with Gasteiger partial charge in [0.25, 0.3) is 5.91 Å². The van der Waals surface area contributed by atoms with Crippen LogP contribution in [0.5, 0.6) is 0 Å². The van der Waals surface area contributed by atoms with E-state index < -0.39 is 0 Å². The molecule has 5 heteroatoms. The Bertz CT molecular complexity index is 743. The third-order valence-corrected chi connectivity index (χ3v) is 3.18. The molecule has 3 aromatic rings. The summed E-state index contributed by atoms with van der Waals surface area (Å²) in [5, 5.41) is 2.87. The van der Waals surface area contributed by atoms with Gasteiger partial charge >= 0.3 is 0 Å². The Balaban J connectivity index is 1.66. The molecule has 0 fully saturated rings. The van der Waals surface area contributed by atoms with E-state index in [1.54, 1.807) is 30.7 Å². The van der Waals surface area contributed by atoms with Crippen LogP contribution in [0.2, 0.25) is 0 Å². The lowest BCUT2D eigenvalue weighted by atomic mass is 10.2. The number of amides is 1. The van der Waals surface area contributed by atoms with Crippen LogP contribution in [0, 0.1) is 0 Å². The molecule has 0 spiro atoms. The molecule has 0 bridgehead atoms. The van der Waals surface area contributed by atoms with E-state index >= 15 is 0 Å². The van der Waals surface area contributed by atoms with Crippen molar-refractivity contribution in [2.75, 3.05) is 0 Å². The fourth-order valence-corrected chi connectivity index (χ4v) is 2.01. The van der Waals surface area contributed by atoms with Crippen LogP contribution in [0.3, 0.4) is 0 Å². The van der Waals surface area contributed by atoms with Crippen molar-refractivity contribution in [3.63, 3.8) is 0 Å². The second kappa shape index (κ2) is 6.58. The fourth-order valence-electron chi connectivity index (χ4n) is 2.01. The van der Waals surface area contributed by atoms with E-state index in [2.05, 4.69) is 20.3 Å². The molecule has 2 aromatic heterocycles. The molecule has 0 radical (unpaired) electrons. The molecular formula is C17H14N4O. The SMILES string of the molecule is O=C(NCc1ccccc1)c1ccc(-c2cncnc2)nc1. The van der Waals surface area contributed by atoms with Gasteiger partial charge in [-0.2, -0.15) is 0 Å². The van der Waals surface area contributed by atoms with Crippen molar-refractivity contribution in [2.24, 2.45) is 0 Å². The van der Waals surface area contributed by atoms with Gasteiger partial charge in [0.1, 0.15) is 6.33 Å². The minimum Gasteiger partial charge on any atom is -0.348 e. The average molecular weight is 290 g/mol. The van der Waals surface area contributed by atoms with Crippen molar-refractivity contribution in [3.05, 3.63) is 78.5 Å². The molecule has 1 amide bonds. The summed E-state index contributed by atoms with van der Waals surface area (Å²) in [6.45, 7) is 0.494. The zero-order valence-corrected chi connectivity index (χ0v) is 11.8. The number of nitrogens with zero attached hydrogens (tertiary/aromatic N) is 3. The van der Waals surface area contributed by atoms with Gasteiger partial charge in [0.2, 0.25) is 0 Å². The molecule has 1 aromatic carbocycles. The van der Waals surface area contributed by atoms with Crippen LogP contribution in [0.25, 0.3) is 11.3 Å². The maximum Gasteiger partial charge on any atom is 0.253 e. The zero-order valence-electron chi connectivity index (χ0n) is 11.8. The number of benzene rings is 1. The molecule has 0 saturated heterocycles. The quantitative estimate of drug-likeness (QED) is 0.801. The summed E-state index contributed by atoms with van der Waals surface area (Å²) in [6.07, 6.45) is 6.40. The highest BCUT2D eigenvalue weighted by atomic mass is 16.1. The minimum atomic E-state index is -0.146. The maximum absolute atomic E-state index is 12.1. The Morgan fingerprint density at radius 2 is 1.73 bits per heavy atom. The summed E-state index contributed by atoms with van der Waals surface area (Å²) in [7, 11) is 0. The fraction of sp³-hybridized carbons (Fsp3) is 0.0588. The Morgan fingerprint density at radius 3 is 2.41 bits per heavy atom. The van der Waals surface area contributed by atoms with Gasteiger partial charge in [-0.1, -0.05) is 30.3 Å². The van der Waals surface area contributed by atoms with Crippen LogP contribution >= 0.6 is 0 Å². The standard InChI is InChI=1S/C17H14N4O/c22-17(21-8-13-4-2-1-3-5-13)14-6-7-16(20-11-14)15-9-18-12-19-10-15/h1-7,9-12H,8H2,(H,21,22). The number of carbonyl (C=O) groups excluding carboxylic acids is 1. The highest BCUT2D eigenvalue weighted by Gasteiger charge is 2.07. The summed E-state index contributed by atoms with van der Waals surface area (Å²) in [4.78, 5) is 24.3. The Morgan fingerprint density at radius 1 is 0.955 bits per heavy atom. The molecule has 0 unspecified atom stereocenters. The van der Waals surface area contributed by atoms with Crippen LogP contribution < -0.4 is 5.32 Å².